The Labute approximate surface area is 148 Å². The summed E-state index contributed by atoms with van der Waals surface area (Å²) in [4.78, 5) is 14.9. The van der Waals surface area contributed by atoms with E-state index in [1.54, 1.807) is 6.20 Å². The van der Waals surface area contributed by atoms with Crippen LogP contribution in [0.1, 0.15) is 60.5 Å². The predicted octanol–water partition coefficient (Wildman–Crippen LogP) is 3.75. The van der Waals surface area contributed by atoms with E-state index in [4.69, 9.17) is 4.74 Å². The van der Waals surface area contributed by atoms with Crippen molar-refractivity contribution >= 4 is 5.91 Å². The lowest BCUT2D eigenvalue weighted by Gasteiger charge is -2.23. The van der Waals surface area contributed by atoms with Gasteiger partial charge in [-0.1, -0.05) is 37.5 Å². The van der Waals surface area contributed by atoms with Crippen molar-refractivity contribution in [2.24, 2.45) is 0 Å². The van der Waals surface area contributed by atoms with E-state index < -0.39 is 0 Å². The van der Waals surface area contributed by atoms with Crippen molar-refractivity contribution in [1.29, 1.82) is 0 Å². The lowest BCUT2D eigenvalue weighted by molar-refractivity contribution is 0.0770. The molecule has 1 aromatic heterocycles. The van der Waals surface area contributed by atoms with Gasteiger partial charge >= 0.3 is 0 Å². The summed E-state index contributed by atoms with van der Waals surface area (Å²) < 4.78 is 6.00. The Morgan fingerprint density at radius 1 is 1.12 bits per heavy atom. The molecule has 0 spiro atoms. The van der Waals surface area contributed by atoms with Gasteiger partial charge in [0, 0.05) is 18.9 Å². The van der Waals surface area contributed by atoms with Crippen LogP contribution < -0.4 is 4.74 Å². The molecule has 0 unspecified atom stereocenters. The lowest BCUT2D eigenvalue weighted by atomic mass is 9.85. The third-order valence-corrected chi connectivity index (χ3v) is 5.39. The fourth-order valence-corrected chi connectivity index (χ4v) is 4.04. The maximum absolute atomic E-state index is 13.0. The number of carbonyl (C=O) groups excluding carboxylic acids is 1. The van der Waals surface area contributed by atoms with Gasteiger partial charge in [-0.25, -0.2) is 0 Å². The highest BCUT2D eigenvalue weighted by atomic mass is 16.5. The second kappa shape index (κ2) is 7.30. The summed E-state index contributed by atoms with van der Waals surface area (Å²) >= 11 is 0. The molecule has 1 N–H and O–H groups in total. The van der Waals surface area contributed by atoms with Crippen LogP contribution in [-0.4, -0.2) is 40.2 Å². The van der Waals surface area contributed by atoms with Crippen molar-refractivity contribution in [3.8, 4) is 5.75 Å². The SMILES string of the molecule is O=C(c1cn[nH]c1C1CCCCC1)N1CC[C@@H](Oc2ccccc2)C1. The molecular formula is C20H25N3O2. The molecule has 1 aromatic carbocycles. The average Bonchev–Trinajstić information content (AvgIpc) is 3.32. The zero-order chi connectivity index (χ0) is 17.1. The highest BCUT2D eigenvalue weighted by Crippen LogP contribution is 2.33. The largest absolute Gasteiger partial charge is 0.489 e. The molecule has 5 nitrogen and oxygen atoms in total. The van der Waals surface area contributed by atoms with Crippen LogP contribution in [0.2, 0.25) is 0 Å². The van der Waals surface area contributed by atoms with Crippen molar-refractivity contribution in [3.63, 3.8) is 0 Å². The number of amides is 1. The normalized spacial score (nSPS) is 21.4. The zero-order valence-corrected chi connectivity index (χ0v) is 14.5. The van der Waals surface area contributed by atoms with Crippen LogP contribution in [-0.2, 0) is 0 Å². The quantitative estimate of drug-likeness (QED) is 0.923. The van der Waals surface area contributed by atoms with Gasteiger partial charge in [0.15, 0.2) is 0 Å². The molecule has 2 heterocycles. The first-order valence-electron chi connectivity index (χ1n) is 9.35. The lowest BCUT2D eigenvalue weighted by Crippen LogP contribution is -2.31. The summed E-state index contributed by atoms with van der Waals surface area (Å²) in [7, 11) is 0. The van der Waals surface area contributed by atoms with Crippen LogP contribution in [0.3, 0.4) is 0 Å². The van der Waals surface area contributed by atoms with Crippen LogP contribution >= 0.6 is 0 Å². The fourth-order valence-electron chi connectivity index (χ4n) is 4.04. The number of hydrogen-bond acceptors (Lipinski definition) is 3. The van der Waals surface area contributed by atoms with Gasteiger partial charge in [0.25, 0.3) is 5.91 Å². The Hall–Kier alpha value is -2.30. The zero-order valence-electron chi connectivity index (χ0n) is 14.5. The number of ether oxygens (including phenoxy) is 1. The Bertz CT molecular complexity index is 707. The molecule has 4 rings (SSSR count). The molecule has 1 amide bonds. The minimum atomic E-state index is 0.0661. The number of aromatic nitrogens is 2. The predicted molar refractivity (Wildman–Crippen MR) is 95.8 cm³/mol. The molecule has 2 aromatic rings. The highest BCUT2D eigenvalue weighted by Gasteiger charge is 2.31. The monoisotopic (exact) mass is 339 g/mol. The third-order valence-electron chi connectivity index (χ3n) is 5.39. The number of nitrogens with one attached hydrogen (secondary N) is 1. The fraction of sp³-hybridized carbons (Fsp3) is 0.500. The van der Waals surface area contributed by atoms with Gasteiger partial charge in [-0.15, -0.1) is 0 Å². The highest BCUT2D eigenvalue weighted by molar-refractivity contribution is 5.95. The Balaban J connectivity index is 1.41. The number of nitrogens with zero attached hydrogens (tertiary/aromatic N) is 2. The van der Waals surface area contributed by atoms with Gasteiger partial charge in [0.05, 0.1) is 24.0 Å². The number of rotatable bonds is 4. The molecule has 2 fully saturated rings. The average molecular weight is 339 g/mol. The maximum atomic E-state index is 13.0. The van der Waals surface area contributed by atoms with Gasteiger partial charge in [-0.3, -0.25) is 9.89 Å². The first-order chi connectivity index (χ1) is 12.3. The van der Waals surface area contributed by atoms with Gasteiger partial charge in [0.1, 0.15) is 11.9 Å². The molecule has 1 aliphatic heterocycles. The summed E-state index contributed by atoms with van der Waals surface area (Å²) in [5, 5.41) is 7.27. The van der Waals surface area contributed by atoms with Crippen LogP contribution in [0, 0.1) is 0 Å². The topological polar surface area (TPSA) is 58.2 Å². The first-order valence-corrected chi connectivity index (χ1v) is 9.35. The van der Waals surface area contributed by atoms with E-state index in [1.165, 1.54) is 19.3 Å². The number of hydrogen-bond donors (Lipinski definition) is 1. The number of para-hydroxylation sites is 1. The maximum Gasteiger partial charge on any atom is 0.257 e. The summed E-state index contributed by atoms with van der Waals surface area (Å²) in [5.41, 5.74) is 1.80. The Morgan fingerprint density at radius 2 is 1.92 bits per heavy atom. The number of H-pyrrole nitrogens is 1. The van der Waals surface area contributed by atoms with E-state index in [9.17, 15) is 4.79 Å². The van der Waals surface area contributed by atoms with Crippen LogP contribution in [0.15, 0.2) is 36.5 Å². The molecule has 1 saturated heterocycles. The molecule has 1 aliphatic carbocycles. The third kappa shape index (κ3) is 3.55. The number of carbonyl (C=O) groups is 1. The van der Waals surface area contributed by atoms with Crippen LogP contribution in [0.4, 0.5) is 0 Å². The van der Waals surface area contributed by atoms with E-state index in [0.29, 0.717) is 12.5 Å². The molecule has 132 valence electrons. The Kier molecular flexibility index (Phi) is 4.72. The molecule has 0 bridgehead atoms. The molecule has 1 atom stereocenters. The number of benzene rings is 1. The minimum absolute atomic E-state index is 0.0661. The van der Waals surface area contributed by atoms with Crippen molar-refractivity contribution in [2.75, 3.05) is 13.1 Å². The smallest absolute Gasteiger partial charge is 0.257 e. The van der Waals surface area contributed by atoms with E-state index in [-0.39, 0.29) is 12.0 Å². The minimum Gasteiger partial charge on any atom is -0.489 e. The van der Waals surface area contributed by atoms with Crippen molar-refractivity contribution in [1.82, 2.24) is 15.1 Å². The molecule has 2 aliphatic rings. The van der Waals surface area contributed by atoms with Gasteiger partial charge in [-0.05, 0) is 25.0 Å². The van der Waals surface area contributed by atoms with Crippen LogP contribution in [0.25, 0.3) is 0 Å². The summed E-state index contributed by atoms with van der Waals surface area (Å²) in [5.74, 6) is 1.41. The van der Waals surface area contributed by atoms with Crippen molar-refractivity contribution in [3.05, 3.63) is 47.8 Å². The van der Waals surface area contributed by atoms with E-state index in [0.717, 1.165) is 42.8 Å². The summed E-state index contributed by atoms with van der Waals surface area (Å²) in [6, 6.07) is 9.83. The summed E-state index contributed by atoms with van der Waals surface area (Å²) in [6.45, 7) is 1.38. The van der Waals surface area contributed by atoms with Crippen molar-refractivity contribution in [2.45, 2.75) is 50.5 Å². The second-order valence-corrected chi connectivity index (χ2v) is 7.13. The van der Waals surface area contributed by atoms with E-state index in [2.05, 4.69) is 10.2 Å². The molecule has 5 heteroatoms. The standard InChI is InChI=1S/C20H25N3O2/c24-20(18-13-21-22-19(18)15-7-3-1-4-8-15)23-12-11-17(14-23)25-16-9-5-2-6-10-16/h2,5-6,9-10,13,15,17H,1,3-4,7-8,11-12,14H2,(H,21,22)/t17-/m1/s1. The molecule has 0 radical (unpaired) electrons. The molecule has 1 saturated carbocycles. The van der Waals surface area contributed by atoms with Gasteiger partial charge in [0.2, 0.25) is 0 Å². The first kappa shape index (κ1) is 16.2. The van der Waals surface area contributed by atoms with E-state index >= 15 is 0 Å². The van der Waals surface area contributed by atoms with Gasteiger partial charge < -0.3 is 9.64 Å². The molecule has 25 heavy (non-hydrogen) atoms. The van der Waals surface area contributed by atoms with Crippen molar-refractivity contribution < 1.29 is 9.53 Å². The van der Waals surface area contributed by atoms with E-state index in [1.807, 2.05) is 35.2 Å². The van der Waals surface area contributed by atoms with Gasteiger partial charge in [-0.2, -0.15) is 5.10 Å². The second-order valence-electron chi connectivity index (χ2n) is 7.13. The summed E-state index contributed by atoms with van der Waals surface area (Å²) in [6.07, 6.45) is 8.75. The number of aromatic amines is 1. The van der Waals surface area contributed by atoms with Crippen LogP contribution in [0.5, 0.6) is 5.75 Å². The Morgan fingerprint density at radius 3 is 2.72 bits per heavy atom. The number of likely N-dealkylation sites (tertiary alicyclic amines) is 1. The molecular weight excluding hydrogens is 314 g/mol.